The first-order valence-electron chi connectivity index (χ1n) is 6.59. The Morgan fingerprint density at radius 3 is 1.95 bits per heavy atom. The molecule has 0 bridgehead atoms. The van der Waals surface area contributed by atoms with Crippen LogP contribution in [0.25, 0.3) is 22.4 Å². The standard InChI is InChI=1S/C18H15NO/c20-13-16-11-12-19-18(15-9-5-2-6-10-15)17(16)14-7-3-1-4-8-14/h1-12,20H,13H2. The van der Waals surface area contributed by atoms with Crippen molar-refractivity contribution in [1.82, 2.24) is 4.98 Å². The van der Waals surface area contributed by atoms with E-state index in [0.717, 1.165) is 27.9 Å². The maximum atomic E-state index is 9.62. The maximum Gasteiger partial charge on any atom is 0.0783 e. The van der Waals surface area contributed by atoms with Crippen LogP contribution < -0.4 is 0 Å². The van der Waals surface area contributed by atoms with E-state index in [1.54, 1.807) is 6.20 Å². The third-order valence-corrected chi connectivity index (χ3v) is 3.32. The smallest absolute Gasteiger partial charge is 0.0783 e. The van der Waals surface area contributed by atoms with Gasteiger partial charge in [0, 0.05) is 17.3 Å². The SMILES string of the molecule is OCc1ccnc(-c2ccccc2)c1-c1ccccc1. The number of benzene rings is 2. The summed E-state index contributed by atoms with van der Waals surface area (Å²) < 4.78 is 0. The average molecular weight is 261 g/mol. The van der Waals surface area contributed by atoms with E-state index in [0.29, 0.717) is 0 Å². The van der Waals surface area contributed by atoms with Gasteiger partial charge in [0.25, 0.3) is 0 Å². The molecule has 0 radical (unpaired) electrons. The highest BCUT2D eigenvalue weighted by molar-refractivity contribution is 5.82. The quantitative estimate of drug-likeness (QED) is 0.775. The van der Waals surface area contributed by atoms with Crippen LogP contribution in [0.1, 0.15) is 5.56 Å². The molecule has 1 N–H and O–H groups in total. The maximum absolute atomic E-state index is 9.62. The van der Waals surface area contributed by atoms with Gasteiger partial charge in [0.1, 0.15) is 0 Å². The largest absolute Gasteiger partial charge is 0.392 e. The molecule has 2 nitrogen and oxygen atoms in total. The second-order valence-corrected chi connectivity index (χ2v) is 4.58. The molecule has 0 amide bonds. The van der Waals surface area contributed by atoms with Crippen molar-refractivity contribution in [3.05, 3.63) is 78.5 Å². The third kappa shape index (κ3) is 2.33. The lowest BCUT2D eigenvalue weighted by molar-refractivity contribution is 0.282. The third-order valence-electron chi connectivity index (χ3n) is 3.32. The molecule has 2 aromatic carbocycles. The van der Waals surface area contributed by atoms with Gasteiger partial charge in [0.15, 0.2) is 0 Å². The van der Waals surface area contributed by atoms with Gasteiger partial charge < -0.3 is 5.11 Å². The Bertz CT molecular complexity index is 693. The first kappa shape index (κ1) is 12.6. The monoisotopic (exact) mass is 261 g/mol. The number of hydrogen-bond donors (Lipinski definition) is 1. The Labute approximate surface area is 118 Å². The van der Waals surface area contributed by atoms with Gasteiger partial charge in [-0.3, -0.25) is 4.98 Å². The van der Waals surface area contributed by atoms with Gasteiger partial charge in [0.2, 0.25) is 0 Å². The van der Waals surface area contributed by atoms with Crippen molar-refractivity contribution in [1.29, 1.82) is 0 Å². The summed E-state index contributed by atoms with van der Waals surface area (Å²) in [6.45, 7) is 0.00653. The molecule has 0 saturated heterocycles. The van der Waals surface area contributed by atoms with Crippen LogP contribution in [-0.4, -0.2) is 10.1 Å². The molecule has 0 aliphatic carbocycles. The van der Waals surface area contributed by atoms with E-state index in [9.17, 15) is 5.11 Å². The normalized spacial score (nSPS) is 10.4. The molecule has 0 aliphatic heterocycles. The molecule has 20 heavy (non-hydrogen) atoms. The summed E-state index contributed by atoms with van der Waals surface area (Å²) in [5.41, 5.74) is 4.93. The minimum Gasteiger partial charge on any atom is -0.392 e. The Kier molecular flexibility index (Phi) is 3.57. The second kappa shape index (κ2) is 5.68. The molecule has 0 aliphatic rings. The van der Waals surface area contributed by atoms with Gasteiger partial charge in [-0.2, -0.15) is 0 Å². The van der Waals surface area contributed by atoms with Crippen LogP contribution in [0.4, 0.5) is 0 Å². The Hall–Kier alpha value is -2.45. The van der Waals surface area contributed by atoms with E-state index in [2.05, 4.69) is 4.98 Å². The van der Waals surface area contributed by atoms with Crippen molar-refractivity contribution >= 4 is 0 Å². The van der Waals surface area contributed by atoms with Crippen LogP contribution in [0, 0.1) is 0 Å². The topological polar surface area (TPSA) is 33.1 Å². The zero-order chi connectivity index (χ0) is 13.8. The zero-order valence-corrected chi connectivity index (χ0v) is 11.0. The summed E-state index contributed by atoms with van der Waals surface area (Å²) in [4.78, 5) is 4.52. The first-order valence-corrected chi connectivity index (χ1v) is 6.59. The predicted molar refractivity (Wildman–Crippen MR) is 81.0 cm³/mol. The summed E-state index contributed by atoms with van der Waals surface area (Å²) in [5.74, 6) is 0. The van der Waals surface area contributed by atoms with Crippen molar-refractivity contribution in [3.8, 4) is 22.4 Å². The first-order chi connectivity index (χ1) is 9.90. The lowest BCUT2D eigenvalue weighted by atomic mass is 9.95. The summed E-state index contributed by atoms with van der Waals surface area (Å²) in [7, 11) is 0. The number of rotatable bonds is 3. The number of aliphatic hydroxyl groups excluding tert-OH is 1. The van der Waals surface area contributed by atoms with Gasteiger partial charge >= 0.3 is 0 Å². The molecule has 0 fully saturated rings. The lowest BCUT2D eigenvalue weighted by Gasteiger charge is -2.13. The van der Waals surface area contributed by atoms with E-state index >= 15 is 0 Å². The van der Waals surface area contributed by atoms with Gasteiger partial charge in [-0.25, -0.2) is 0 Å². The summed E-state index contributed by atoms with van der Waals surface area (Å²) in [6, 6.07) is 22.0. The molecule has 2 heteroatoms. The molecule has 3 aromatic rings. The fourth-order valence-corrected chi connectivity index (χ4v) is 2.38. The van der Waals surface area contributed by atoms with Crippen molar-refractivity contribution in [2.45, 2.75) is 6.61 Å². The summed E-state index contributed by atoms with van der Waals surface area (Å²) in [6.07, 6.45) is 1.75. The van der Waals surface area contributed by atoms with Crippen LogP contribution in [0.5, 0.6) is 0 Å². The number of aliphatic hydroxyl groups is 1. The highest BCUT2D eigenvalue weighted by Gasteiger charge is 2.12. The van der Waals surface area contributed by atoms with Gasteiger partial charge in [-0.1, -0.05) is 60.7 Å². The van der Waals surface area contributed by atoms with Crippen LogP contribution in [-0.2, 0) is 6.61 Å². The van der Waals surface area contributed by atoms with E-state index < -0.39 is 0 Å². The molecule has 0 spiro atoms. The van der Waals surface area contributed by atoms with Crippen LogP contribution in [0.15, 0.2) is 72.9 Å². The van der Waals surface area contributed by atoms with E-state index in [-0.39, 0.29) is 6.61 Å². The minimum atomic E-state index is 0.00653. The number of nitrogens with zero attached hydrogens (tertiary/aromatic N) is 1. The van der Waals surface area contributed by atoms with Crippen molar-refractivity contribution in [3.63, 3.8) is 0 Å². The fourth-order valence-electron chi connectivity index (χ4n) is 2.38. The van der Waals surface area contributed by atoms with Crippen LogP contribution in [0.3, 0.4) is 0 Å². The molecular weight excluding hydrogens is 246 g/mol. The molecule has 1 aromatic heterocycles. The number of aromatic nitrogens is 1. The number of pyridine rings is 1. The molecule has 1 heterocycles. The Morgan fingerprint density at radius 1 is 0.750 bits per heavy atom. The van der Waals surface area contributed by atoms with E-state index in [1.165, 1.54) is 0 Å². The van der Waals surface area contributed by atoms with Gasteiger partial charge in [-0.05, 0) is 17.2 Å². The highest BCUT2D eigenvalue weighted by Crippen LogP contribution is 2.33. The van der Waals surface area contributed by atoms with Crippen LogP contribution >= 0.6 is 0 Å². The number of hydrogen-bond acceptors (Lipinski definition) is 2. The molecular formula is C18H15NO. The van der Waals surface area contributed by atoms with Crippen LogP contribution in [0.2, 0.25) is 0 Å². The Morgan fingerprint density at radius 2 is 1.35 bits per heavy atom. The minimum absolute atomic E-state index is 0.00653. The van der Waals surface area contributed by atoms with E-state index in [1.807, 2.05) is 66.7 Å². The Balaban J connectivity index is 2.26. The zero-order valence-electron chi connectivity index (χ0n) is 11.0. The van der Waals surface area contributed by atoms with E-state index in [4.69, 9.17) is 0 Å². The fraction of sp³-hybridized carbons (Fsp3) is 0.0556. The molecule has 3 rings (SSSR count). The molecule has 98 valence electrons. The average Bonchev–Trinajstić information content (AvgIpc) is 2.55. The summed E-state index contributed by atoms with van der Waals surface area (Å²) >= 11 is 0. The van der Waals surface area contributed by atoms with Gasteiger partial charge in [-0.15, -0.1) is 0 Å². The van der Waals surface area contributed by atoms with Crippen molar-refractivity contribution in [2.75, 3.05) is 0 Å². The second-order valence-electron chi connectivity index (χ2n) is 4.58. The highest BCUT2D eigenvalue weighted by atomic mass is 16.3. The molecule has 0 atom stereocenters. The van der Waals surface area contributed by atoms with Crippen molar-refractivity contribution < 1.29 is 5.11 Å². The molecule has 0 unspecified atom stereocenters. The van der Waals surface area contributed by atoms with Gasteiger partial charge in [0.05, 0.1) is 12.3 Å². The molecule has 0 saturated carbocycles. The lowest BCUT2D eigenvalue weighted by Crippen LogP contribution is -1.95. The van der Waals surface area contributed by atoms with Crippen molar-refractivity contribution in [2.24, 2.45) is 0 Å². The predicted octanol–water partition coefficient (Wildman–Crippen LogP) is 3.91. The summed E-state index contributed by atoms with van der Waals surface area (Å²) in [5, 5.41) is 9.62.